The van der Waals surface area contributed by atoms with E-state index in [1.807, 2.05) is 0 Å². The van der Waals surface area contributed by atoms with Crippen molar-refractivity contribution in [3.63, 3.8) is 0 Å². The fourth-order valence-electron chi connectivity index (χ4n) is 1.91. The Bertz CT molecular complexity index is 709. The molecule has 0 saturated carbocycles. The van der Waals surface area contributed by atoms with Crippen LogP contribution in [-0.4, -0.2) is 24.0 Å². The van der Waals surface area contributed by atoms with Crippen LogP contribution in [0.15, 0.2) is 18.2 Å². The predicted octanol–water partition coefficient (Wildman–Crippen LogP) is 2.38. The maximum atomic E-state index is 12.2. The van der Waals surface area contributed by atoms with E-state index in [9.17, 15) is 9.59 Å². The summed E-state index contributed by atoms with van der Waals surface area (Å²) in [4.78, 5) is 28.3. The molecule has 3 N–H and O–H groups in total. The van der Waals surface area contributed by atoms with Crippen LogP contribution in [-0.2, 0) is 4.74 Å². The number of carbonyl (C=O) groups is 2. The SMILES string of the molecule is COC(=O)c1cccc(NC(=O)c2sc(N)nc2C)c1C. The van der Waals surface area contributed by atoms with Crippen molar-refractivity contribution in [3.8, 4) is 0 Å². The van der Waals surface area contributed by atoms with Crippen LogP contribution < -0.4 is 11.1 Å². The number of hydrogen-bond donors (Lipinski definition) is 2. The van der Waals surface area contributed by atoms with Gasteiger partial charge < -0.3 is 15.8 Å². The van der Waals surface area contributed by atoms with Gasteiger partial charge in [0.05, 0.1) is 18.4 Å². The summed E-state index contributed by atoms with van der Waals surface area (Å²) < 4.78 is 4.71. The number of amides is 1. The van der Waals surface area contributed by atoms with Gasteiger partial charge in [-0.2, -0.15) is 0 Å². The fourth-order valence-corrected chi connectivity index (χ4v) is 2.64. The molecule has 0 bridgehead atoms. The van der Waals surface area contributed by atoms with Crippen molar-refractivity contribution in [2.24, 2.45) is 0 Å². The zero-order chi connectivity index (χ0) is 15.6. The van der Waals surface area contributed by atoms with Gasteiger partial charge in [-0.1, -0.05) is 17.4 Å². The first-order valence-electron chi connectivity index (χ1n) is 6.16. The Morgan fingerprint density at radius 1 is 1.33 bits per heavy atom. The highest BCUT2D eigenvalue weighted by Gasteiger charge is 2.17. The molecule has 0 atom stereocenters. The Hall–Kier alpha value is -2.41. The third-order valence-electron chi connectivity index (χ3n) is 3.01. The number of methoxy groups -OCH3 is 1. The van der Waals surface area contributed by atoms with Crippen LogP contribution in [0.25, 0.3) is 0 Å². The second kappa shape index (κ2) is 5.92. The van der Waals surface area contributed by atoms with Gasteiger partial charge in [-0.3, -0.25) is 4.79 Å². The van der Waals surface area contributed by atoms with Gasteiger partial charge >= 0.3 is 5.97 Å². The summed E-state index contributed by atoms with van der Waals surface area (Å²) in [5, 5.41) is 3.11. The van der Waals surface area contributed by atoms with Gasteiger partial charge in [0.1, 0.15) is 4.88 Å². The van der Waals surface area contributed by atoms with E-state index in [0.717, 1.165) is 11.3 Å². The molecule has 0 radical (unpaired) electrons. The monoisotopic (exact) mass is 305 g/mol. The third kappa shape index (κ3) is 3.03. The lowest BCUT2D eigenvalue weighted by molar-refractivity contribution is 0.0599. The van der Waals surface area contributed by atoms with Crippen LogP contribution in [0.5, 0.6) is 0 Å². The van der Waals surface area contributed by atoms with E-state index in [-0.39, 0.29) is 5.91 Å². The highest BCUT2D eigenvalue weighted by Crippen LogP contribution is 2.24. The number of nitrogen functional groups attached to an aromatic ring is 1. The minimum atomic E-state index is -0.443. The van der Waals surface area contributed by atoms with Crippen LogP contribution in [0.3, 0.4) is 0 Å². The lowest BCUT2D eigenvalue weighted by Crippen LogP contribution is -2.14. The topological polar surface area (TPSA) is 94.3 Å². The molecule has 21 heavy (non-hydrogen) atoms. The molecule has 2 aromatic rings. The first-order chi connectivity index (χ1) is 9.93. The van der Waals surface area contributed by atoms with Crippen LogP contribution in [0.1, 0.15) is 31.3 Å². The molecule has 0 aliphatic rings. The lowest BCUT2D eigenvalue weighted by Gasteiger charge is -2.10. The zero-order valence-corrected chi connectivity index (χ0v) is 12.7. The Labute approximate surface area is 125 Å². The molecule has 110 valence electrons. The van der Waals surface area contributed by atoms with Crippen molar-refractivity contribution in [3.05, 3.63) is 39.9 Å². The number of nitrogens with two attached hydrogens (primary N) is 1. The molecule has 1 heterocycles. The second-order valence-corrected chi connectivity index (χ2v) is 5.42. The number of nitrogens with one attached hydrogen (secondary N) is 1. The van der Waals surface area contributed by atoms with Crippen LogP contribution in [0.2, 0.25) is 0 Å². The van der Waals surface area contributed by atoms with E-state index < -0.39 is 5.97 Å². The Morgan fingerprint density at radius 3 is 2.62 bits per heavy atom. The summed E-state index contributed by atoms with van der Waals surface area (Å²) >= 11 is 1.13. The number of esters is 1. The smallest absolute Gasteiger partial charge is 0.338 e. The molecule has 6 nitrogen and oxygen atoms in total. The Kier molecular flexibility index (Phi) is 4.23. The molecule has 0 spiro atoms. The molecular formula is C14H15N3O3S. The summed E-state index contributed by atoms with van der Waals surface area (Å²) in [6.45, 7) is 3.47. The lowest BCUT2D eigenvalue weighted by atomic mass is 10.1. The van der Waals surface area contributed by atoms with Crippen LogP contribution in [0.4, 0.5) is 10.8 Å². The Balaban J connectivity index is 2.30. The zero-order valence-electron chi connectivity index (χ0n) is 11.9. The number of carbonyl (C=O) groups excluding carboxylic acids is 2. The number of ether oxygens (including phenoxy) is 1. The molecule has 7 heteroatoms. The van der Waals surface area contributed by atoms with Gasteiger partial charge in [0.15, 0.2) is 5.13 Å². The van der Waals surface area contributed by atoms with Gasteiger partial charge in [0.2, 0.25) is 0 Å². The maximum Gasteiger partial charge on any atom is 0.338 e. The molecule has 0 unspecified atom stereocenters. The average Bonchev–Trinajstić information content (AvgIpc) is 2.79. The third-order valence-corrected chi connectivity index (χ3v) is 3.99. The number of benzene rings is 1. The van der Waals surface area contributed by atoms with Crippen molar-refractivity contribution in [1.82, 2.24) is 4.98 Å². The standard InChI is InChI=1S/C14H15N3O3S/c1-7-9(13(19)20-3)5-4-6-10(7)17-12(18)11-8(2)16-14(15)21-11/h4-6H,1-3H3,(H2,15,16)(H,17,18). The van der Waals surface area contributed by atoms with Crippen LogP contribution >= 0.6 is 11.3 Å². The first-order valence-corrected chi connectivity index (χ1v) is 6.98. The van der Waals surface area contributed by atoms with E-state index in [2.05, 4.69) is 10.3 Å². The minimum Gasteiger partial charge on any atom is -0.465 e. The van der Waals surface area contributed by atoms with Crippen molar-refractivity contribution >= 4 is 34.0 Å². The summed E-state index contributed by atoms with van der Waals surface area (Å²) in [5.74, 6) is -0.742. The molecule has 1 aromatic carbocycles. The normalized spacial score (nSPS) is 10.2. The molecule has 0 aliphatic carbocycles. The van der Waals surface area contributed by atoms with Gasteiger partial charge in [0.25, 0.3) is 5.91 Å². The van der Waals surface area contributed by atoms with Crippen molar-refractivity contribution in [1.29, 1.82) is 0 Å². The van der Waals surface area contributed by atoms with E-state index in [4.69, 9.17) is 10.5 Å². The van der Waals surface area contributed by atoms with Crippen LogP contribution in [0, 0.1) is 13.8 Å². The summed E-state index contributed by atoms with van der Waals surface area (Å²) in [6.07, 6.45) is 0. The molecule has 1 amide bonds. The van der Waals surface area contributed by atoms with Gasteiger partial charge in [-0.05, 0) is 31.5 Å². The van der Waals surface area contributed by atoms with Gasteiger partial charge in [0, 0.05) is 5.69 Å². The largest absolute Gasteiger partial charge is 0.465 e. The molecule has 1 aromatic heterocycles. The first kappa shape index (κ1) is 15.0. The Morgan fingerprint density at radius 2 is 2.05 bits per heavy atom. The number of nitrogens with zero attached hydrogens (tertiary/aromatic N) is 1. The highest BCUT2D eigenvalue weighted by atomic mass is 32.1. The number of aryl methyl sites for hydroxylation is 1. The molecule has 0 aliphatic heterocycles. The van der Waals surface area contributed by atoms with Gasteiger partial charge in [-0.15, -0.1) is 0 Å². The maximum absolute atomic E-state index is 12.2. The molecule has 0 fully saturated rings. The summed E-state index contributed by atoms with van der Waals surface area (Å²) in [5.41, 5.74) is 7.78. The van der Waals surface area contributed by atoms with Crippen molar-refractivity contribution in [2.45, 2.75) is 13.8 Å². The predicted molar refractivity (Wildman–Crippen MR) is 81.7 cm³/mol. The number of hydrogen-bond acceptors (Lipinski definition) is 6. The molecule has 0 saturated heterocycles. The van der Waals surface area contributed by atoms with Crippen molar-refractivity contribution < 1.29 is 14.3 Å². The average molecular weight is 305 g/mol. The number of anilines is 2. The van der Waals surface area contributed by atoms with Gasteiger partial charge in [-0.25, -0.2) is 9.78 Å². The fraction of sp³-hybridized carbons (Fsp3) is 0.214. The van der Waals surface area contributed by atoms with E-state index in [0.29, 0.717) is 32.5 Å². The number of aromatic nitrogens is 1. The minimum absolute atomic E-state index is 0.299. The van der Waals surface area contributed by atoms with Crippen molar-refractivity contribution in [2.75, 3.05) is 18.2 Å². The summed E-state index contributed by atoms with van der Waals surface area (Å²) in [7, 11) is 1.32. The van der Waals surface area contributed by atoms with E-state index >= 15 is 0 Å². The highest BCUT2D eigenvalue weighted by molar-refractivity contribution is 7.17. The summed E-state index contributed by atoms with van der Waals surface area (Å²) in [6, 6.07) is 5.05. The van der Waals surface area contributed by atoms with E-state index in [1.165, 1.54) is 7.11 Å². The quantitative estimate of drug-likeness (QED) is 0.849. The number of thiazole rings is 1. The molecular weight excluding hydrogens is 290 g/mol. The second-order valence-electron chi connectivity index (χ2n) is 4.39. The number of rotatable bonds is 3. The molecule has 2 rings (SSSR count). The van der Waals surface area contributed by atoms with E-state index in [1.54, 1.807) is 32.0 Å².